The lowest BCUT2D eigenvalue weighted by molar-refractivity contribution is 0.145. The van der Waals surface area contributed by atoms with Crippen LogP contribution in [0.5, 0.6) is 11.5 Å². The Morgan fingerprint density at radius 2 is 1.96 bits per heavy atom. The van der Waals surface area contributed by atoms with Crippen LogP contribution in [0.4, 0.5) is 4.79 Å². The molecule has 1 aromatic rings. The van der Waals surface area contributed by atoms with E-state index in [9.17, 15) is 4.79 Å². The van der Waals surface area contributed by atoms with Crippen molar-refractivity contribution in [3.8, 4) is 11.5 Å². The quantitative estimate of drug-likeness (QED) is 0.860. The summed E-state index contributed by atoms with van der Waals surface area (Å²) in [6.07, 6.45) is 2.50. The largest absolute Gasteiger partial charge is 0.454 e. The molecule has 0 saturated carbocycles. The van der Waals surface area contributed by atoms with Crippen LogP contribution in [0.25, 0.3) is 0 Å². The third kappa shape index (κ3) is 4.57. The van der Waals surface area contributed by atoms with Crippen LogP contribution in [0.3, 0.4) is 0 Å². The number of piperidine rings is 1. The van der Waals surface area contributed by atoms with Gasteiger partial charge in [-0.15, -0.1) is 0 Å². The van der Waals surface area contributed by atoms with Crippen LogP contribution in [0.1, 0.15) is 45.2 Å². The van der Waals surface area contributed by atoms with Crippen molar-refractivity contribution in [2.45, 2.75) is 45.7 Å². The molecule has 138 valence electrons. The van der Waals surface area contributed by atoms with Crippen LogP contribution in [-0.4, -0.2) is 43.4 Å². The zero-order chi connectivity index (χ0) is 17.8. The van der Waals surface area contributed by atoms with Crippen molar-refractivity contribution in [2.24, 2.45) is 5.92 Å². The number of fused-ring (bicyclic) bond motifs is 1. The van der Waals surface area contributed by atoms with Gasteiger partial charge in [0, 0.05) is 12.6 Å². The molecule has 0 radical (unpaired) electrons. The molecule has 6 heteroatoms. The highest BCUT2D eigenvalue weighted by Crippen LogP contribution is 2.34. The summed E-state index contributed by atoms with van der Waals surface area (Å²) in [5.74, 6) is 2.31. The number of nitrogens with zero attached hydrogens (tertiary/aromatic N) is 1. The maximum absolute atomic E-state index is 12.2. The second-order valence-electron chi connectivity index (χ2n) is 7.26. The maximum atomic E-state index is 12.2. The molecule has 0 aromatic heterocycles. The number of urea groups is 1. The maximum Gasteiger partial charge on any atom is 0.315 e. The van der Waals surface area contributed by atoms with Gasteiger partial charge < -0.3 is 20.1 Å². The van der Waals surface area contributed by atoms with Gasteiger partial charge >= 0.3 is 6.03 Å². The van der Waals surface area contributed by atoms with E-state index in [4.69, 9.17) is 9.47 Å². The van der Waals surface area contributed by atoms with Crippen LogP contribution in [-0.2, 0) is 0 Å². The number of carbonyl (C=O) groups is 1. The highest BCUT2D eigenvalue weighted by Gasteiger charge is 2.21. The molecule has 2 heterocycles. The van der Waals surface area contributed by atoms with Gasteiger partial charge in [-0.25, -0.2) is 4.79 Å². The zero-order valence-corrected chi connectivity index (χ0v) is 15.4. The molecule has 2 aliphatic heterocycles. The van der Waals surface area contributed by atoms with Gasteiger partial charge in [0.15, 0.2) is 11.5 Å². The Balaban J connectivity index is 1.44. The van der Waals surface area contributed by atoms with Gasteiger partial charge in [0.05, 0.1) is 6.04 Å². The first-order chi connectivity index (χ1) is 12.0. The Hall–Kier alpha value is -1.95. The number of benzene rings is 1. The molecule has 0 bridgehead atoms. The molecule has 0 aliphatic carbocycles. The number of ether oxygens (including phenoxy) is 2. The molecule has 2 atom stereocenters. The van der Waals surface area contributed by atoms with Gasteiger partial charge in [0.2, 0.25) is 6.79 Å². The van der Waals surface area contributed by atoms with E-state index in [1.165, 1.54) is 12.8 Å². The molecular formula is C19H29N3O3. The third-order valence-electron chi connectivity index (χ3n) is 5.24. The Labute approximate surface area is 149 Å². The predicted molar refractivity (Wildman–Crippen MR) is 96.9 cm³/mol. The minimum atomic E-state index is -0.137. The predicted octanol–water partition coefficient (Wildman–Crippen LogP) is 2.90. The SMILES string of the molecule is CC1CCN(C(C)CNC(=O)NC(C)c2ccc3c(c2)OCO3)CC1. The topological polar surface area (TPSA) is 62.8 Å². The lowest BCUT2D eigenvalue weighted by Crippen LogP contribution is -2.47. The number of likely N-dealkylation sites (tertiary alicyclic amines) is 1. The van der Waals surface area contributed by atoms with Crippen molar-refractivity contribution in [1.82, 2.24) is 15.5 Å². The first-order valence-corrected chi connectivity index (χ1v) is 9.21. The second-order valence-corrected chi connectivity index (χ2v) is 7.26. The second kappa shape index (κ2) is 7.95. The molecule has 1 fully saturated rings. The molecule has 0 spiro atoms. The first kappa shape index (κ1) is 17.9. The molecule has 2 amide bonds. The lowest BCUT2D eigenvalue weighted by atomic mass is 9.98. The van der Waals surface area contributed by atoms with Gasteiger partial charge in [-0.3, -0.25) is 4.90 Å². The molecular weight excluding hydrogens is 318 g/mol. The van der Waals surface area contributed by atoms with Gasteiger partial charge in [-0.1, -0.05) is 13.0 Å². The van der Waals surface area contributed by atoms with Crippen LogP contribution in [0.15, 0.2) is 18.2 Å². The summed E-state index contributed by atoms with van der Waals surface area (Å²) < 4.78 is 10.7. The average molecular weight is 347 g/mol. The molecule has 2 N–H and O–H groups in total. The number of hydrogen-bond acceptors (Lipinski definition) is 4. The van der Waals surface area contributed by atoms with E-state index in [-0.39, 0.29) is 18.9 Å². The molecule has 1 aromatic carbocycles. The minimum absolute atomic E-state index is 0.0966. The van der Waals surface area contributed by atoms with Crippen molar-refractivity contribution >= 4 is 6.03 Å². The number of amides is 2. The number of carbonyl (C=O) groups excluding carboxylic acids is 1. The van der Waals surface area contributed by atoms with Gasteiger partial charge in [0.1, 0.15) is 0 Å². The average Bonchev–Trinajstić information content (AvgIpc) is 3.08. The van der Waals surface area contributed by atoms with Crippen molar-refractivity contribution in [2.75, 3.05) is 26.4 Å². The van der Waals surface area contributed by atoms with E-state index in [1.54, 1.807) is 0 Å². The summed E-state index contributed by atoms with van der Waals surface area (Å²) in [5.41, 5.74) is 0.998. The Bertz CT molecular complexity index is 600. The summed E-state index contributed by atoms with van der Waals surface area (Å²) >= 11 is 0. The van der Waals surface area contributed by atoms with Crippen molar-refractivity contribution < 1.29 is 14.3 Å². The van der Waals surface area contributed by atoms with E-state index < -0.39 is 0 Å². The third-order valence-corrected chi connectivity index (χ3v) is 5.24. The summed E-state index contributed by atoms with van der Waals surface area (Å²) in [4.78, 5) is 14.7. The Kier molecular flexibility index (Phi) is 5.68. The molecule has 1 saturated heterocycles. The fourth-order valence-electron chi connectivity index (χ4n) is 3.35. The molecule has 6 nitrogen and oxygen atoms in total. The van der Waals surface area contributed by atoms with E-state index in [0.717, 1.165) is 36.1 Å². The van der Waals surface area contributed by atoms with Gasteiger partial charge in [0.25, 0.3) is 0 Å². The Morgan fingerprint density at radius 3 is 2.72 bits per heavy atom. The van der Waals surface area contributed by atoms with Crippen LogP contribution < -0.4 is 20.1 Å². The highest BCUT2D eigenvalue weighted by atomic mass is 16.7. The molecule has 25 heavy (non-hydrogen) atoms. The number of rotatable bonds is 5. The van der Waals surface area contributed by atoms with Crippen LogP contribution in [0, 0.1) is 5.92 Å². The smallest absolute Gasteiger partial charge is 0.315 e. The standard InChI is InChI=1S/C19H29N3O3/c1-13-6-8-22(9-7-13)14(2)11-20-19(23)21-15(3)16-4-5-17-18(10-16)25-12-24-17/h4-5,10,13-15H,6-9,11-12H2,1-3H3,(H2,20,21,23). The summed E-state index contributed by atoms with van der Waals surface area (Å²) in [6, 6.07) is 5.88. The Morgan fingerprint density at radius 1 is 1.24 bits per heavy atom. The molecule has 3 rings (SSSR count). The fourth-order valence-corrected chi connectivity index (χ4v) is 3.35. The van der Waals surface area contributed by atoms with Gasteiger partial charge in [-0.2, -0.15) is 0 Å². The summed E-state index contributed by atoms with van der Waals surface area (Å²) in [7, 11) is 0. The number of hydrogen-bond donors (Lipinski definition) is 2. The van der Waals surface area contributed by atoms with Crippen LogP contribution >= 0.6 is 0 Å². The van der Waals surface area contributed by atoms with Crippen molar-refractivity contribution in [3.05, 3.63) is 23.8 Å². The summed E-state index contributed by atoms with van der Waals surface area (Å²) in [6.45, 7) is 9.62. The van der Waals surface area contributed by atoms with E-state index >= 15 is 0 Å². The fraction of sp³-hybridized carbons (Fsp3) is 0.632. The van der Waals surface area contributed by atoms with Crippen molar-refractivity contribution in [3.63, 3.8) is 0 Å². The van der Waals surface area contributed by atoms with Crippen LogP contribution in [0.2, 0.25) is 0 Å². The lowest BCUT2D eigenvalue weighted by Gasteiger charge is -2.35. The molecule has 2 aliphatic rings. The minimum Gasteiger partial charge on any atom is -0.454 e. The van der Waals surface area contributed by atoms with Crippen molar-refractivity contribution in [1.29, 1.82) is 0 Å². The zero-order valence-electron chi connectivity index (χ0n) is 15.4. The molecule has 2 unspecified atom stereocenters. The van der Waals surface area contributed by atoms with E-state index in [2.05, 4.69) is 29.4 Å². The normalized spacial score (nSPS) is 20.1. The van der Waals surface area contributed by atoms with E-state index in [1.807, 2.05) is 25.1 Å². The summed E-state index contributed by atoms with van der Waals surface area (Å²) in [5, 5.41) is 5.98. The monoisotopic (exact) mass is 347 g/mol. The first-order valence-electron chi connectivity index (χ1n) is 9.21. The number of nitrogens with one attached hydrogen (secondary N) is 2. The van der Waals surface area contributed by atoms with Gasteiger partial charge in [-0.05, 0) is 63.4 Å². The highest BCUT2D eigenvalue weighted by molar-refractivity contribution is 5.74. The van der Waals surface area contributed by atoms with E-state index in [0.29, 0.717) is 12.6 Å².